The molecule has 0 spiro atoms. The number of benzene rings is 2. The van der Waals surface area contributed by atoms with Crippen LogP contribution in [0.15, 0.2) is 28.7 Å². The van der Waals surface area contributed by atoms with Gasteiger partial charge >= 0.3 is 6.03 Å². The highest BCUT2D eigenvalue weighted by Crippen LogP contribution is 2.38. The number of fused-ring (bicyclic) bond motifs is 3. The average molecular weight is 496 g/mol. The largest absolute Gasteiger partial charge is 0.494 e. The zero-order valence-electron chi connectivity index (χ0n) is 19.0. The first-order chi connectivity index (χ1) is 17.1. The summed E-state index contributed by atoms with van der Waals surface area (Å²) in [6, 6.07) is 5.08. The van der Waals surface area contributed by atoms with E-state index >= 15 is 4.39 Å². The molecule has 1 aromatic heterocycles. The topological polar surface area (TPSA) is 121 Å². The molecule has 2 N–H and O–H groups in total. The van der Waals surface area contributed by atoms with Crippen LogP contribution in [0.1, 0.15) is 37.6 Å². The van der Waals surface area contributed by atoms with Gasteiger partial charge in [0.1, 0.15) is 5.76 Å². The van der Waals surface area contributed by atoms with Crippen molar-refractivity contribution in [2.45, 2.75) is 18.6 Å². The number of imide groups is 1. The van der Waals surface area contributed by atoms with Gasteiger partial charge in [-0.05, 0) is 29.3 Å². The Kier molecular flexibility index (Phi) is 4.44. The van der Waals surface area contributed by atoms with Crippen molar-refractivity contribution in [3.63, 3.8) is 0 Å². The Morgan fingerprint density at radius 1 is 1.03 bits per heavy atom. The van der Waals surface area contributed by atoms with Crippen molar-refractivity contribution in [3.05, 3.63) is 63.9 Å². The van der Waals surface area contributed by atoms with E-state index in [0.717, 1.165) is 0 Å². The summed E-state index contributed by atoms with van der Waals surface area (Å²) in [7, 11) is 2.82. The maximum atomic E-state index is 15.3. The van der Waals surface area contributed by atoms with Gasteiger partial charge in [-0.1, -0.05) is 6.07 Å². The average Bonchev–Trinajstić information content (AvgIpc) is 3.54. The summed E-state index contributed by atoms with van der Waals surface area (Å²) in [5.41, 5.74) is -1.63. The third-order valence-corrected chi connectivity index (χ3v) is 6.86. The lowest BCUT2D eigenvalue weighted by atomic mass is 9.95. The maximum Gasteiger partial charge on any atom is 0.322 e. The van der Waals surface area contributed by atoms with Crippen LogP contribution in [0.2, 0.25) is 0 Å². The molecular formula is C24H18F2N4O6. The van der Waals surface area contributed by atoms with Crippen LogP contribution in [0.5, 0.6) is 5.75 Å². The Morgan fingerprint density at radius 3 is 2.47 bits per heavy atom. The molecule has 3 aromatic rings. The molecule has 0 bridgehead atoms. The van der Waals surface area contributed by atoms with Crippen LogP contribution in [-0.4, -0.2) is 54.3 Å². The molecule has 1 atom stereocenters. The standard InChI is InChI=1S/C24H18F2N4O6/c1-29-7-12-5-11-6-14(36-19(11)18(26)16(12)20(29)31)24(22(33)27-23(34)28-24)9-30-8-10-3-4-13(35-2)17(25)15(10)21(30)32/h3-6H,7-9H2,1-2H3,(H2,27,28,33,34)/t24-/m0/s1. The number of hydrogen-bond acceptors (Lipinski definition) is 6. The fraction of sp³-hybridized carbons (Fsp3) is 0.250. The number of hydrogen-bond donors (Lipinski definition) is 2. The molecule has 4 heterocycles. The third-order valence-electron chi connectivity index (χ3n) is 6.86. The first-order valence-corrected chi connectivity index (χ1v) is 10.9. The third kappa shape index (κ3) is 2.81. The fourth-order valence-electron chi connectivity index (χ4n) is 5.10. The molecule has 0 aliphatic carbocycles. The number of carbonyl (C=O) groups is 4. The van der Waals surface area contributed by atoms with E-state index in [0.29, 0.717) is 11.1 Å². The lowest BCUT2D eigenvalue weighted by Crippen LogP contribution is -2.52. The number of ether oxygens (including phenoxy) is 1. The quantitative estimate of drug-likeness (QED) is 0.533. The summed E-state index contributed by atoms with van der Waals surface area (Å²) in [4.78, 5) is 53.3. The molecule has 3 aliphatic rings. The molecule has 6 rings (SSSR count). The van der Waals surface area contributed by atoms with E-state index in [2.05, 4.69) is 10.6 Å². The Morgan fingerprint density at radius 2 is 1.78 bits per heavy atom. The number of nitrogens with zero attached hydrogens (tertiary/aromatic N) is 2. The Labute approximate surface area is 201 Å². The SMILES string of the molecule is COc1ccc2c(c1F)C(=O)N(C[C@@]1(c3cc4cc5c(c(F)c4o3)C(=O)N(C)C5)NC(=O)NC1=O)C2. The van der Waals surface area contributed by atoms with E-state index in [9.17, 15) is 23.6 Å². The number of nitrogens with one attached hydrogen (secondary N) is 2. The minimum absolute atomic E-state index is 0.0380. The summed E-state index contributed by atoms with van der Waals surface area (Å²) < 4.78 is 40.8. The number of methoxy groups -OCH3 is 1. The second-order valence-electron chi connectivity index (χ2n) is 9.01. The van der Waals surface area contributed by atoms with Crippen LogP contribution in [-0.2, 0) is 23.4 Å². The van der Waals surface area contributed by atoms with Crippen molar-refractivity contribution >= 4 is 34.7 Å². The summed E-state index contributed by atoms with van der Waals surface area (Å²) in [6.45, 7) is -0.244. The molecule has 0 radical (unpaired) electrons. The van der Waals surface area contributed by atoms with Gasteiger partial charge in [-0.25, -0.2) is 13.6 Å². The highest BCUT2D eigenvalue weighted by atomic mass is 19.1. The summed E-state index contributed by atoms with van der Waals surface area (Å²) in [6.07, 6.45) is 0. The fourth-order valence-corrected chi connectivity index (χ4v) is 5.10. The Hall–Kier alpha value is -4.48. The number of amides is 5. The molecule has 5 amide bonds. The van der Waals surface area contributed by atoms with Crippen LogP contribution in [0.25, 0.3) is 11.0 Å². The van der Waals surface area contributed by atoms with Gasteiger partial charge in [0, 0.05) is 25.5 Å². The molecule has 12 heteroatoms. The number of carbonyl (C=O) groups excluding carboxylic acids is 4. The zero-order valence-corrected chi connectivity index (χ0v) is 19.0. The van der Waals surface area contributed by atoms with E-state index < -0.39 is 47.5 Å². The molecule has 10 nitrogen and oxygen atoms in total. The molecule has 3 aliphatic heterocycles. The molecule has 1 fully saturated rings. The van der Waals surface area contributed by atoms with Gasteiger partial charge < -0.3 is 24.3 Å². The lowest BCUT2D eigenvalue weighted by molar-refractivity contribution is -0.125. The monoisotopic (exact) mass is 496 g/mol. The molecule has 0 saturated carbocycles. The van der Waals surface area contributed by atoms with Crippen molar-refractivity contribution in [1.29, 1.82) is 0 Å². The van der Waals surface area contributed by atoms with Crippen LogP contribution in [0.3, 0.4) is 0 Å². The van der Waals surface area contributed by atoms with Crippen molar-refractivity contribution in [1.82, 2.24) is 20.4 Å². The van der Waals surface area contributed by atoms with E-state index in [4.69, 9.17) is 9.15 Å². The van der Waals surface area contributed by atoms with Gasteiger partial charge in [-0.2, -0.15) is 0 Å². The minimum Gasteiger partial charge on any atom is -0.494 e. The first-order valence-electron chi connectivity index (χ1n) is 10.9. The van der Waals surface area contributed by atoms with Gasteiger partial charge in [-0.15, -0.1) is 0 Å². The van der Waals surface area contributed by atoms with Crippen molar-refractivity contribution in [2.75, 3.05) is 20.7 Å². The van der Waals surface area contributed by atoms with Crippen molar-refractivity contribution in [2.24, 2.45) is 0 Å². The van der Waals surface area contributed by atoms with Crippen LogP contribution < -0.4 is 15.4 Å². The Bertz CT molecular complexity index is 1550. The van der Waals surface area contributed by atoms with Crippen molar-refractivity contribution in [3.8, 4) is 5.75 Å². The molecule has 36 heavy (non-hydrogen) atoms. The molecular weight excluding hydrogens is 478 g/mol. The smallest absolute Gasteiger partial charge is 0.322 e. The van der Waals surface area contributed by atoms with Crippen LogP contribution in [0, 0.1) is 11.6 Å². The van der Waals surface area contributed by atoms with Gasteiger partial charge in [0.25, 0.3) is 17.7 Å². The lowest BCUT2D eigenvalue weighted by Gasteiger charge is -2.29. The van der Waals surface area contributed by atoms with Crippen LogP contribution >= 0.6 is 0 Å². The summed E-state index contributed by atoms with van der Waals surface area (Å²) in [5, 5.41) is 4.90. The maximum absolute atomic E-state index is 15.3. The second kappa shape index (κ2) is 7.26. The highest BCUT2D eigenvalue weighted by Gasteiger charge is 2.53. The van der Waals surface area contributed by atoms with E-state index in [1.54, 1.807) is 19.2 Å². The normalized spacial score (nSPS) is 20.8. The summed E-state index contributed by atoms with van der Waals surface area (Å²) in [5.74, 6) is -3.96. The second-order valence-corrected chi connectivity index (χ2v) is 9.01. The number of halogens is 2. The van der Waals surface area contributed by atoms with Gasteiger partial charge in [-0.3, -0.25) is 19.7 Å². The van der Waals surface area contributed by atoms with E-state index in [1.807, 2.05) is 0 Å². The predicted octanol–water partition coefficient (Wildman–Crippen LogP) is 2.00. The number of rotatable bonds is 4. The Balaban J connectivity index is 1.43. The number of furan rings is 1. The van der Waals surface area contributed by atoms with Gasteiger partial charge in [0.15, 0.2) is 28.5 Å². The molecule has 0 unspecified atom stereocenters. The first kappa shape index (κ1) is 22.0. The molecule has 2 aromatic carbocycles. The van der Waals surface area contributed by atoms with Crippen LogP contribution in [0.4, 0.5) is 13.6 Å². The zero-order chi connectivity index (χ0) is 25.5. The molecule has 184 valence electrons. The summed E-state index contributed by atoms with van der Waals surface area (Å²) >= 11 is 0. The highest BCUT2D eigenvalue weighted by molar-refractivity contribution is 6.09. The van der Waals surface area contributed by atoms with Gasteiger partial charge in [0.05, 0.1) is 24.8 Å². The minimum atomic E-state index is -1.91. The van der Waals surface area contributed by atoms with Crippen molar-refractivity contribution < 1.29 is 37.1 Å². The van der Waals surface area contributed by atoms with E-state index in [1.165, 1.54) is 29.0 Å². The number of urea groups is 1. The van der Waals surface area contributed by atoms with Gasteiger partial charge in [0.2, 0.25) is 0 Å². The van der Waals surface area contributed by atoms with E-state index in [-0.39, 0.29) is 46.7 Å². The predicted molar refractivity (Wildman–Crippen MR) is 118 cm³/mol. The molecule has 1 saturated heterocycles.